The molecule has 0 bridgehead atoms. The Morgan fingerprint density at radius 2 is 2.09 bits per heavy atom. The summed E-state index contributed by atoms with van der Waals surface area (Å²) in [7, 11) is 0. The third-order valence-corrected chi connectivity index (χ3v) is 6.65. The van der Waals surface area contributed by atoms with Gasteiger partial charge in [-0.25, -0.2) is 4.99 Å². The maximum absolute atomic E-state index is 12.4. The zero-order valence-electron chi connectivity index (χ0n) is 13.6. The molecule has 2 N–H and O–H groups in total. The van der Waals surface area contributed by atoms with Crippen molar-refractivity contribution < 1.29 is 4.79 Å². The fraction of sp³-hybridized carbons (Fsp3) is 0.882. The second-order valence-electron chi connectivity index (χ2n) is 7.57. The summed E-state index contributed by atoms with van der Waals surface area (Å²) in [6.45, 7) is 1.47. The van der Waals surface area contributed by atoms with E-state index in [2.05, 4.69) is 20.5 Å². The Morgan fingerprint density at radius 1 is 1.22 bits per heavy atom. The van der Waals surface area contributed by atoms with Crippen LogP contribution in [0.4, 0.5) is 0 Å². The van der Waals surface area contributed by atoms with Crippen LogP contribution in [0.5, 0.6) is 0 Å². The first kappa shape index (κ1) is 15.7. The SMILES string of the molecule is O=C(CN1CCC2C(Cl)CCCC21)NC1=NC2CCCCC2N1. The smallest absolute Gasteiger partial charge is 0.240 e. The number of fused-ring (bicyclic) bond motifs is 2. The molecule has 0 aromatic carbocycles. The van der Waals surface area contributed by atoms with Gasteiger partial charge < -0.3 is 5.32 Å². The van der Waals surface area contributed by atoms with Crippen molar-refractivity contribution in [2.45, 2.75) is 74.9 Å². The number of carbonyl (C=O) groups excluding carboxylic acids is 1. The first-order valence-electron chi connectivity index (χ1n) is 9.23. The molecule has 2 saturated carbocycles. The number of likely N-dealkylation sites (tertiary alicyclic amines) is 1. The summed E-state index contributed by atoms with van der Waals surface area (Å²) in [5.41, 5.74) is 0. The maximum atomic E-state index is 12.4. The van der Waals surface area contributed by atoms with Crippen LogP contribution in [0.3, 0.4) is 0 Å². The third kappa shape index (κ3) is 3.22. The molecule has 6 heteroatoms. The number of alkyl halides is 1. The van der Waals surface area contributed by atoms with E-state index in [9.17, 15) is 4.79 Å². The highest BCUT2D eigenvalue weighted by Crippen LogP contribution is 2.38. The van der Waals surface area contributed by atoms with E-state index in [0.717, 1.165) is 25.8 Å². The molecule has 0 spiro atoms. The number of nitrogens with zero attached hydrogens (tertiary/aromatic N) is 2. The lowest BCUT2D eigenvalue weighted by Crippen LogP contribution is -2.48. The van der Waals surface area contributed by atoms with Crippen molar-refractivity contribution in [1.29, 1.82) is 0 Å². The zero-order chi connectivity index (χ0) is 15.8. The fourth-order valence-corrected chi connectivity index (χ4v) is 5.38. The zero-order valence-corrected chi connectivity index (χ0v) is 14.4. The highest BCUT2D eigenvalue weighted by atomic mass is 35.5. The number of halogens is 1. The van der Waals surface area contributed by atoms with Gasteiger partial charge in [-0.15, -0.1) is 11.6 Å². The van der Waals surface area contributed by atoms with Gasteiger partial charge in [0.15, 0.2) is 5.96 Å². The van der Waals surface area contributed by atoms with Crippen LogP contribution in [0.25, 0.3) is 0 Å². The number of rotatable bonds is 2. The quantitative estimate of drug-likeness (QED) is 0.756. The monoisotopic (exact) mass is 338 g/mol. The summed E-state index contributed by atoms with van der Waals surface area (Å²) in [5.74, 6) is 1.33. The Bertz CT molecular complexity index is 497. The molecular formula is C17H27ClN4O. The first-order chi connectivity index (χ1) is 11.2. The van der Waals surface area contributed by atoms with Gasteiger partial charge in [-0.1, -0.05) is 19.3 Å². The Kier molecular flexibility index (Phi) is 4.50. The Balaban J connectivity index is 1.31. The number of carbonyl (C=O) groups is 1. The minimum Gasteiger partial charge on any atom is -0.351 e. The van der Waals surface area contributed by atoms with E-state index in [-0.39, 0.29) is 5.91 Å². The van der Waals surface area contributed by atoms with Crippen LogP contribution < -0.4 is 10.6 Å². The lowest BCUT2D eigenvalue weighted by molar-refractivity contribution is -0.121. The molecule has 5 unspecified atom stereocenters. The second-order valence-corrected chi connectivity index (χ2v) is 8.13. The largest absolute Gasteiger partial charge is 0.351 e. The number of guanidine groups is 1. The van der Waals surface area contributed by atoms with Gasteiger partial charge in [0.1, 0.15) is 0 Å². The van der Waals surface area contributed by atoms with Gasteiger partial charge >= 0.3 is 0 Å². The first-order valence-corrected chi connectivity index (χ1v) is 9.66. The van der Waals surface area contributed by atoms with Crippen molar-refractivity contribution in [2.24, 2.45) is 10.9 Å². The van der Waals surface area contributed by atoms with Gasteiger partial charge in [-0.2, -0.15) is 0 Å². The molecule has 23 heavy (non-hydrogen) atoms. The molecule has 1 saturated heterocycles. The predicted octanol–water partition coefficient (Wildman–Crippen LogP) is 1.85. The topological polar surface area (TPSA) is 56.7 Å². The van der Waals surface area contributed by atoms with Crippen LogP contribution in [0.15, 0.2) is 4.99 Å². The molecule has 2 heterocycles. The van der Waals surface area contributed by atoms with Crippen LogP contribution in [0, 0.1) is 5.92 Å². The number of hydrogen-bond donors (Lipinski definition) is 2. The van der Waals surface area contributed by atoms with E-state index < -0.39 is 0 Å². The van der Waals surface area contributed by atoms with E-state index in [0.29, 0.717) is 41.9 Å². The van der Waals surface area contributed by atoms with Crippen LogP contribution in [0.2, 0.25) is 0 Å². The number of amides is 1. The van der Waals surface area contributed by atoms with Crippen LogP contribution in [0.1, 0.15) is 51.4 Å². The minimum absolute atomic E-state index is 0.0623. The molecule has 4 aliphatic rings. The van der Waals surface area contributed by atoms with E-state index in [1.54, 1.807) is 0 Å². The molecule has 3 fully saturated rings. The molecule has 128 valence electrons. The lowest BCUT2D eigenvalue weighted by atomic mass is 9.84. The molecule has 5 nitrogen and oxygen atoms in total. The van der Waals surface area contributed by atoms with Gasteiger partial charge in [0.2, 0.25) is 5.91 Å². The summed E-state index contributed by atoms with van der Waals surface area (Å²) < 4.78 is 0. The van der Waals surface area contributed by atoms with E-state index in [1.807, 2.05) is 0 Å². The summed E-state index contributed by atoms with van der Waals surface area (Å²) in [4.78, 5) is 19.4. The average Bonchev–Trinajstić information content (AvgIpc) is 3.12. The second kappa shape index (κ2) is 6.60. The Morgan fingerprint density at radius 3 is 2.96 bits per heavy atom. The highest BCUT2D eigenvalue weighted by molar-refractivity contribution is 6.20. The van der Waals surface area contributed by atoms with Gasteiger partial charge in [-0.05, 0) is 44.6 Å². The van der Waals surface area contributed by atoms with Crippen molar-refractivity contribution in [2.75, 3.05) is 13.1 Å². The number of nitrogens with one attached hydrogen (secondary N) is 2. The van der Waals surface area contributed by atoms with Gasteiger partial charge in [0.25, 0.3) is 0 Å². The van der Waals surface area contributed by atoms with Crippen molar-refractivity contribution in [3.05, 3.63) is 0 Å². The van der Waals surface area contributed by atoms with E-state index in [1.165, 1.54) is 32.1 Å². The summed E-state index contributed by atoms with van der Waals surface area (Å²) in [6.07, 6.45) is 9.47. The number of aliphatic imine (C=N–C) groups is 1. The van der Waals surface area contributed by atoms with Crippen molar-refractivity contribution in [1.82, 2.24) is 15.5 Å². The van der Waals surface area contributed by atoms with Crippen LogP contribution >= 0.6 is 11.6 Å². The highest BCUT2D eigenvalue weighted by Gasteiger charge is 2.41. The van der Waals surface area contributed by atoms with Crippen molar-refractivity contribution >= 4 is 23.5 Å². The Labute approximate surface area is 143 Å². The molecule has 0 radical (unpaired) electrons. The molecule has 2 aliphatic carbocycles. The molecule has 2 aliphatic heterocycles. The molecule has 0 aromatic rings. The molecule has 4 rings (SSSR count). The van der Waals surface area contributed by atoms with Crippen molar-refractivity contribution in [3.8, 4) is 0 Å². The van der Waals surface area contributed by atoms with Crippen LogP contribution in [-0.2, 0) is 4.79 Å². The Hall–Kier alpha value is -0.810. The summed E-state index contributed by atoms with van der Waals surface area (Å²) in [6, 6.07) is 1.30. The van der Waals surface area contributed by atoms with Crippen LogP contribution in [-0.4, -0.2) is 53.4 Å². The normalized spacial score (nSPS) is 40.0. The average molecular weight is 339 g/mol. The molecule has 1 amide bonds. The van der Waals surface area contributed by atoms with Gasteiger partial charge in [-0.3, -0.25) is 15.0 Å². The summed E-state index contributed by atoms with van der Waals surface area (Å²) >= 11 is 6.47. The molecule has 0 aromatic heterocycles. The van der Waals surface area contributed by atoms with Crippen molar-refractivity contribution in [3.63, 3.8) is 0 Å². The standard InChI is InChI=1S/C17H27ClN4O/c18-12-4-3-7-15-11(12)8-9-22(15)10-16(23)21-17-19-13-5-1-2-6-14(13)20-17/h11-15H,1-10H2,(H2,19,20,21,23). The van der Waals surface area contributed by atoms with Gasteiger partial charge in [0.05, 0.1) is 18.6 Å². The lowest BCUT2D eigenvalue weighted by Gasteiger charge is -2.34. The van der Waals surface area contributed by atoms with E-state index in [4.69, 9.17) is 11.6 Å². The third-order valence-electron chi connectivity index (χ3n) is 6.11. The maximum Gasteiger partial charge on any atom is 0.240 e. The number of hydrogen-bond acceptors (Lipinski definition) is 4. The molecular weight excluding hydrogens is 312 g/mol. The minimum atomic E-state index is 0.0623. The van der Waals surface area contributed by atoms with E-state index >= 15 is 0 Å². The predicted molar refractivity (Wildman–Crippen MR) is 91.7 cm³/mol. The summed E-state index contributed by atoms with van der Waals surface area (Å²) in [5, 5.41) is 6.68. The molecule has 5 atom stereocenters. The van der Waals surface area contributed by atoms with Gasteiger partial charge in [0, 0.05) is 11.4 Å². The fourth-order valence-electron chi connectivity index (χ4n) is 4.93.